The first kappa shape index (κ1) is 37.4. The van der Waals surface area contributed by atoms with Gasteiger partial charge in [-0.05, 0) is 82.4 Å². The Kier molecular flexibility index (Phi) is 8.70. The number of hydrogen-bond donors (Lipinski definition) is 0. The molecule has 62 heavy (non-hydrogen) atoms. The van der Waals surface area contributed by atoms with Crippen LogP contribution in [0.2, 0.25) is 0 Å². The number of aromatic nitrogens is 2. The fourth-order valence-electron chi connectivity index (χ4n) is 8.78. The molecule has 0 aliphatic heterocycles. The Morgan fingerprint density at radius 1 is 0.468 bits per heavy atom. The van der Waals surface area contributed by atoms with E-state index in [0.29, 0.717) is 39.1 Å². The molecule has 0 N–H and O–H groups in total. The Balaban J connectivity index is 1.39. The summed E-state index contributed by atoms with van der Waals surface area (Å²) in [5.41, 5.74) is 7.53. The van der Waals surface area contributed by atoms with Crippen molar-refractivity contribution in [1.29, 1.82) is 15.8 Å². The number of para-hydroxylation sites is 2. The maximum absolute atomic E-state index is 14.3. The molecule has 10 rings (SSSR count). The third kappa shape index (κ3) is 5.85. The Morgan fingerprint density at radius 2 is 0.935 bits per heavy atom. The zero-order chi connectivity index (χ0) is 42.7. The summed E-state index contributed by atoms with van der Waals surface area (Å²) in [7, 11) is 0. The van der Waals surface area contributed by atoms with Gasteiger partial charge in [-0.15, -0.1) is 0 Å². The summed E-state index contributed by atoms with van der Waals surface area (Å²) < 4.78 is 46.9. The van der Waals surface area contributed by atoms with Crippen molar-refractivity contribution in [2.45, 2.75) is 6.18 Å². The van der Waals surface area contributed by atoms with Crippen molar-refractivity contribution in [3.63, 3.8) is 0 Å². The molecule has 0 fully saturated rings. The highest BCUT2D eigenvalue weighted by atomic mass is 19.4. The number of alkyl halides is 3. The lowest BCUT2D eigenvalue weighted by Gasteiger charge is -2.22. The van der Waals surface area contributed by atoms with E-state index >= 15 is 0 Å². The molecular weight excluding hydrogens is 778 g/mol. The second-order valence-electron chi connectivity index (χ2n) is 14.8. The molecule has 0 bridgehead atoms. The van der Waals surface area contributed by atoms with Crippen LogP contribution < -0.4 is 0 Å². The van der Waals surface area contributed by atoms with Gasteiger partial charge in [-0.25, -0.2) is 4.85 Å². The van der Waals surface area contributed by atoms with Crippen LogP contribution in [0.3, 0.4) is 0 Å². The summed E-state index contributed by atoms with van der Waals surface area (Å²) in [4.78, 5) is 3.71. The van der Waals surface area contributed by atoms with Gasteiger partial charge in [0.05, 0.1) is 74.9 Å². The third-order valence-electron chi connectivity index (χ3n) is 11.5. The van der Waals surface area contributed by atoms with Crippen molar-refractivity contribution >= 4 is 49.3 Å². The van der Waals surface area contributed by atoms with Crippen molar-refractivity contribution in [2.24, 2.45) is 0 Å². The third-order valence-corrected chi connectivity index (χ3v) is 11.5. The molecule has 0 unspecified atom stereocenters. The van der Waals surface area contributed by atoms with E-state index in [2.05, 4.69) is 23.1 Å². The Hall–Kier alpha value is -8.89. The van der Waals surface area contributed by atoms with Crippen molar-refractivity contribution in [2.75, 3.05) is 0 Å². The molecule has 290 valence electrons. The predicted octanol–water partition coefficient (Wildman–Crippen LogP) is 14.1. The number of benzene rings is 8. The highest BCUT2D eigenvalue weighted by Gasteiger charge is 2.32. The number of nitrogens with zero attached hydrogens (tertiary/aromatic N) is 6. The molecule has 0 amide bonds. The topological polar surface area (TPSA) is 85.6 Å². The van der Waals surface area contributed by atoms with E-state index in [1.54, 1.807) is 36.4 Å². The highest BCUT2D eigenvalue weighted by Crippen LogP contribution is 2.47. The van der Waals surface area contributed by atoms with E-state index in [-0.39, 0.29) is 16.8 Å². The number of halogens is 3. The minimum atomic E-state index is -4.71. The van der Waals surface area contributed by atoms with Gasteiger partial charge in [0.25, 0.3) is 0 Å². The number of hydrogen-bond acceptors (Lipinski definition) is 3. The van der Waals surface area contributed by atoms with Crippen LogP contribution >= 0.6 is 0 Å². The van der Waals surface area contributed by atoms with Gasteiger partial charge in [0, 0.05) is 32.7 Å². The molecule has 0 saturated heterocycles. The fourth-order valence-corrected chi connectivity index (χ4v) is 8.78. The largest absolute Gasteiger partial charge is 0.415 e. The molecule has 0 radical (unpaired) electrons. The van der Waals surface area contributed by atoms with Crippen LogP contribution in [-0.2, 0) is 6.18 Å². The molecule has 2 heterocycles. The Morgan fingerprint density at radius 3 is 1.40 bits per heavy atom. The molecule has 9 heteroatoms. The van der Waals surface area contributed by atoms with Crippen LogP contribution in [-0.4, -0.2) is 9.13 Å². The van der Waals surface area contributed by atoms with Crippen LogP contribution in [0.5, 0.6) is 0 Å². The Bertz CT molecular complexity index is 3500. The quantitative estimate of drug-likeness (QED) is 0.162. The number of nitriles is 3. The summed E-state index contributed by atoms with van der Waals surface area (Å²) in [5.74, 6) is 0. The maximum Gasteiger partial charge on any atom is 0.415 e. The molecular formula is C53H27F3N6. The van der Waals surface area contributed by atoms with E-state index in [1.165, 1.54) is 6.07 Å². The lowest BCUT2D eigenvalue weighted by atomic mass is 9.95. The second-order valence-corrected chi connectivity index (χ2v) is 14.8. The lowest BCUT2D eigenvalue weighted by molar-refractivity contribution is -0.137. The highest BCUT2D eigenvalue weighted by molar-refractivity contribution is 6.13. The van der Waals surface area contributed by atoms with Crippen LogP contribution in [0.1, 0.15) is 22.3 Å². The van der Waals surface area contributed by atoms with Crippen molar-refractivity contribution in [3.8, 4) is 63.0 Å². The molecule has 0 aliphatic rings. The molecule has 2 aromatic heterocycles. The molecule has 8 aromatic carbocycles. The van der Waals surface area contributed by atoms with Gasteiger partial charge in [0.1, 0.15) is 0 Å². The summed E-state index contributed by atoms with van der Waals surface area (Å²) >= 11 is 0. The zero-order valence-corrected chi connectivity index (χ0v) is 32.4. The zero-order valence-electron chi connectivity index (χ0n) is 32.4. The van der Waals surface area contributed by atoms with E-state index in [1.807, 2.05) is 118 Å². The fraction of sp³-hybridized carbons (Fsp3) is 0.0189. The first-order chi connectivity index (χ1) is 30.2. The predicted molar refractivity (Wildman–Crippen MR) is 237 cm³/mol. The van der Waals surface area contributed by atoms with Gasteiger partial charge in [-0.2, -0.15) is 29.0 Å². The van der Waals surface area contributed by atoms with Gasteiger partial charge in [0.15, 0.2) is 5.69 Å². The van der Waals surface area contributed by atoms with Crippen LogP contribution in [0.4, 0.5) is 18.9 Å². The number of fused-ring (bicyclic) bond motifs is 6. The monoisotopic (exact) mass is 804 g/mol. The van der Waals surface area contributed by atoms with Gasteiger partial charge in [-0.1, -0.05) is 109 Å². The van der Waals surface area contributed by atoms with Crippen molar-refractivity contribution in [1.82, 2.24) is 9.13 Å². The Labute approximate surface area is 352 Å². The standard InChI is InChI=1S/C53H27F3N6/c1-60-45-28-37(53(54,55)56)20-23-44(45)52-50(61-46-16-8-6-14-40(46)42-21-18-33(26-48(42)61)38-12-4-2-10-35(38)30-58)24-32(29-57)25-51(52)62-47-17-9-7-15-41(47)43-22-19-34(27-49(43)62)39-13-5-3-11-36(39)31-59/h2-28H. The maximum atomic E-state index is 14.3. The van der Waals surface area contributed by atoms with E-state index in [4.69, 9.17) is 6.57 Å². The molecule has 10 aromatic rings. The molecule has 6 nitrogen and oxygen atoms in total. The number of rotatable bonds is 5. The van der Waals surface area contributed by atoms with Gasteiger partial charge < -0.3 is 9.13 Å². The summed E-state index contributed by atoms with van der Waals surface area (Å²) in [6, 6.07) is 55.6. The smallest absolute Gasteiger partial charge is 0.309 e. The van der Waals surface area contributed by atoms with Crippen molar-refractivity contribution < 1.29 is 13.2 Å². The van der Waals surface area contributed by atoms with Crippen LogP contribution in [0.25, 0.3) is 93.2 Å². The average Bonchev–Trinajstić information content (AvgIpc) is 3.82. The minimum absolute atomic E-state index is 0.221. The van der Waals surface area contributed by atoms with Crippen LogP contribution in [0.15, 0.2) is 164 Å². The average molecular weight is 805 g/mol. The van der Waals surface area contributed by atoms with Gasteiger partial charge in [0.2, 0.25) is 0 Å². The first-order valence-corrected chi connectivity index (χ1v) is 19.5. The first-order valence-electron chi connectivity index (χ1n) is 19.5. The van der Waals surface area contributed by atoms with Gasteiger partial charge >= 0.3 is 6.18 Å². The molecule has 0 spiro atoms. The molecule has 0 aliphatic carbocycles. The summed E-state index contributed by atoms with van der Waals surface area (Å²) in [5, 5.41) is 34.4. The van der Waals surface area contributed by atoms with E-state index < -0.39 is 11.7 Å². The van der Waals surface area contributed by atoms with Crippen molar-refractivity contribution in [3.05, 3.63) is 197 Å². The van der Waals surface area contributed by atoms with E-state index in [0.717, 1.165) is 67.0 Å². The van der Waals surface area contributed by atoms with E-state index in [9.17, 15) is 29.0 Å². The second kappa shape index (κ2) is 14.4. The lowest BCUT2D eigenvalue weighted by Crippen LogP contribution is -2.07. The SMILES string of the molecule is [C-]#[N+]c1cc(C(F)(F)F)ccc1-c1c(-n2c3ccccc3c3ccc(-c4ccccc4C#N)cc32)cc(C#N)cc1-n1c2ccccc2c2ccc(-c3ccccc3C#N)cc21. The minimum Gasteiger partial charge on any atom is -0.309 e. The summed E-state index contributed by atoms with van der Waals surface area (Å²) in [6.07, 6.45) is -4.71. The molecule has 0 saturated carbocycles. The summed E-state index contributed by atoms with van der Waals surface area (Å²) in [6.45, 7) is 8.29. The molecule has 0 atom stereocenters. The van der Waals surface area contributed by atoms with Crippen LogP contribution in [0, 0.1) is 40.6 Å². The normalized spacial score (nSPS) is 11.4. The van der Waals surface area contributed by atoms with Gasteiger partial charge in [-0.3, -0.25) is 0 Å².